The van der Waals surface area contributed by atoms with Crippen LogP contribution < -0.4 is 4.74 Å². The fourth-order valence-corrected chi connectivity index (χ4v) is 1.70. The van der Waals surface area contributed by atoms with E-state index in [9.17, 15) is 0 Å². The van der Waals surface area contributed by atoms with Crippen molar-refractivity contribution in [1.82, 2.24) is 0 Å². The molecular weight excluding hydrogens is 216 g/mol. The van der Waals surface area contributed by atoms with Crippen molar-refractivity contribution in [1.29, 1.82) is 0 Å². The lowest BCUT2D eigenvalue weighted by molar-refractivity contribution is 0.224. The van der Waals surface area contributed by atoms with E-state index in [-0.39, 0.29) is 6.61 Å². The lowest BCUT2D eigenvalue weighted by atomic mass is 10.1. The molecule has 2 aromatic rings. The third-order valence-electron chi connectivity index (χ3n) is 2.57. The molecule has 0 unspecified atom stereocenters. The Morgan fingerprint density at radius 2 is 1.88 bits per heavy atom. The second-order valence-corrected chi connectivity index (χ2v) is 4.08. The van der Waals surface area contributed by atoms with Gasteiger partial charge in [-0.25, -0.2) is 0 Å². The second-order valence-electron chi connectivity index (χ2n) is 4.08. The van der Waals surface area contributed by atoms with Crippen molar-refractivity contribution in [2.24, 2.45) is 0 Å². The molecule has 0 aliphatic rings. The summed E-state index contributed by atoms with van der Waals surface area (Å²) in [7, 11) is 0. The summed E-state index contributed by atoms with van der Waals surface area (Å²) in [5.41, 5.74) is 2.33. The molecule has 0 aliphatic carbocycles. The molecule has 1 N–H and O–H groups in total. The molecule has 2 rings (SSSR count). The average Bonchev–Trinajstić information content (AvgIpc) is 2.76. The fraction of sp³-hybridized carbons (Fsp3) is 0.286. The quantitative estimate of drug-likeness (QED) is 0.881. The van der Waals surface area contributed by atoms with E-state index in [1.165, 1.54) is 5.56 Å². The minimum Gasteiger partial charge on any atom is -0.485 e. The highest BCUT2D eigenvalue weighted by Gasteiger charge is 2.04. The molecule has 1 aromatic heterocycles. The van der Waals surface area contributed by atoms with Crippen LogP contribution in [0.1, 0.15) is 22.6 Å². The van der Waals surface area contributed by atoms with Crippen LogP contribution in [0.5, 0.6) is 5.75 Å². The first-order chi connectivity index (χ1) is 8.19. The molecule has 0 aliphatic heterocycles. The molecule has 0 amide bonds. The summed E-state index contributed by atoms with van der Waals surface area (Å²) in [5.74, 6) is 2.14. The molecule has 1 aromatic carbocycles. The third kappa shape index (κ3) is 2.88. The first-order valence-electron chi connectivity index (χ1n) is 5.57. The Hall–Kier alpha value is -1.74. The maximum absolute atomic E-state index is 8.88. The Bertz CT molecular complexity index is 500. The summed E-state index contributed by atoms with van der Waals surface area (Å²) < 4.78 is 11.0. The van der Waals surface area contributed by atoms with Crippen LogP contribution in [0.3, 0.4) is 0 Å². The van der Waals surface area contributed by atoms with Gasteiger partial charge < -0.3 is 14.3 Å². The Labute approximate surface area is 101 Å². The molecule has 1 heterocycles. The largest absolute Gasteiger partial charge is 0.485 e. The van der Waals surface area contributed by atoms with Crippen molar-refractivity contribution in [3.63, 3.8) is 0 Å². The molecule has 0 saturated heterocycles. The molecule has 0 spiro atoms. The van der Waals surface area contributed by atoms with Gasteiger partial charge in [-0.15, -0.1) is 0 Å². The zero-order valence-corrected chi connectivity index (χ0v) is 10.1. The first kappa shape index (κ1) is 11.7. The summed E-state index contributed by atoms with van der Waals surface area (Å²) >= 11 is 0. The van der Waals surface area contributed by atoms with Crippen molar-refractivity contribution in [2.75, 3.05) is 0 Å². The highest BCUT2D eigenvalue weighted by Crippen LogP contribution is 2.20. The van der Waals surface area contributed by atoms with E-state index in [0.29, 0.717) is 18.1 Å². The van der Waals surface area contributed by atoms with Gasteiger partial charge in [0.05, 0.1) is 0 Å². The Morgan fingerprint density at radius 3 is 2.53 bits per heavy atom. The SMILES string of the molecule is Cc1ccc(OCc2ccc(CO)o2)c(C)c1. The summed E-state index contributed by atoms with van der Waals surface area (Å²) in [4.78, 5) is 0. The molecule has 0 fully saturated rings. The van der Waals surface area contributed by atoms with Crippen molar-refractivity contribution >= 4 is 0 Å². The number of rotatable bonds is 4. The summed E-state index contributed by atoms with van der Waals surface area (Å²) in [6.45, 7) is 4.37. The van der Waals surface area contributed by atoms with Gasteiger partial charge in [0.15, 0.2) is 0 Å². The smallest absolute Gasteiger partial charge is 0.146 e. The number of aliphatic hydroxyl groups is 1. The van der Waals surface area contributed by atoms with Gasteiger partial charge in [0.1, 0.15) is 30.5 Å². The molecule has 17 heavy (non-hydrogen) atoms. The standard InChI is InChI=1S/C14H16O3/c1-10-3-6-14(11(2)7-10)16-9-13-5-4-12(8-15)17-13/h3-7,15H,8-9H2,1-2H3. The van der Waals surface area contributed by atoms with Crippen molar-refractivity contribution in [3.8, 4) is 5.75 Å². The van der Waals surface area contributed by atoms with Crippen LogP contribution in [-0.4, -0.2) is 5.11 Å². The van der Waals surface area contributed by atoms with Crippen LogP contribution in [0, 0.1) is 13.8 Å². The van der Waals surface area contributed by atoms with Crippen LogP contribution in [0.15, 0.2) is 34.7 Å². The van der Waals surface area contributed by atoms with Crippen LogP contribution >= 0.6 is 0 Å². The van der Waals surface area contributed by atoms with Gasteiger partial charge in [-0.05, 0) is 37.6 Å². The molecular formula is C14H16O3. The van der Waals surface area contributed by atoms with Gasteiger partial charge in [-0.1, -0.05) is 17.7 Å². The van der Waals surface area contributed by atoms with E-state index in [4.69, 9.17) is 14.3 Å². The number of hydrogen-bond acceptors (Lipinski definition) is 3. The minimum absolute atomic E-state index is 0.0798. The van der Waals surface area contributed by atoms with E-state index in [1.54, 1.807) is 6.07 Å². The van der Waals surface area contributed by atoms with Gasteiger partial charge in [0.25, 0.3) is 0 Å². The van der Waals surface area contributed by atoms with E-state index in [0.717, 1.165) is 11.3 Å². The van der Waals surface area contributed by atoms with Crippen molar-refractivity contribution < 1.29 is 14.3 Å². The van der Waals surface area contributed by atoms with Crippen LogP contribution in [0.4, 0.5) is 0 Å². The predicted octanol–water partition coefficient (Wildman–Crippen LogP) is 2.97. The van der Waals surface area contributed by atoms with Crippen LogP contribution in [0.25, 0.3) is 0 Å². The number of furan rings is 1. The normalized spacial score (nSPS) is 10.5. The highest BCUT2D eigenvalue weighted by molar-refractivity contribution is 5.35. The van der Waals surface area contributed by atoms with E-state index in [1.807, 2.05) is 25.1 Å². The summed E-state index contributed by atoms with van der Waals surface area (Å²) in [6, 6.07) is 9.62. The molecule has 0 atom stereocenters. The van der Waals surface area contributed by atoms with Gasteiger partial charge in [-0.3, -0.25) is 0 Å². The molecule has 3 heteroatoms. The zero-order chi connectivity index (χ0) is 12.3. The van der Waals surface area contributed by atoms with Gasteiger partial charge >= 0.3 is 0 Å². The monoisotopic (exact) mass is 232 g/mol. The van der Waals surface area contributed by atoms with E-state index < -0.39 is 0 Å². The molecule has 90 valence electrons. The molecule has 0 bridgehead atoms. The lowest BCUT2D eigenvalue weighted by Gasteiger charge is -2.08. The maximum atomic E-state index is 8.88. The fourth-order valence-electron chi connectivity index (χ4n) is 1.70. The summed E-state index contributed by atoms with van der Waals surface area (Å²) in [5, 5.41) is 8.88. The molecule has 3 nitrogen and oxygen atoms in total. The van der Waals surface area contributed by atoms with Gasteiger partial charge in [0.2, 0.25) is 0 Å². The number of benzene rings is 1. The lowest BCUT2D eigenvalue weighted by Crippen LogP contribution is -1.95. The average molecular weight is 232 g/mol. The number of aryl methyl sites for hydroxylation is 2. The predicted molar refractivity (Wildman–Crippen MR) is 64.9 cm³/mol. The topological polar surface area (TPSA) is 42.6 Å². The number of ether oxygens (including phenoxy) is 1. The third-order valence-corrected chi connectivity index (χ3v) is 2.57. The van der Waals surface area contributed by atoms with Crippen LogP contribution in [-0.2, 0) is 13.2 Å². The second kappa shape index (κ2) is 5.06. The molecule has 0 radical (unpaired) electrons. The van der Waals surface area contributed by atoms with Gasteiger partial charge in [-0.2, -0.15) is 0 Å². The zero-order valence-electron chi connectivity index (χ0n) is 10.1. The van der Waals surface area contributed by atoms with Gasteiger partial charge in [0, 0.05) is 0 Å². The number of aliphatic hydroxyl groups excluding tert-OH is 1. The van der Waals surface area contributed by atoms with E-state index in [2.05, 4.69) is 13.0 Å². The Kier molecular flexibility index (Phi) is 3.49. The summed E-state index contributed by atoms with van der Waals surface area (Å²) in [6.07, 6.45) is 0. The van der Waals surface area contributed by atoms with E-state index >= 15 is 0 Å². The first-order valence-corrected chi connectivity index (χ1v) is 5.57. The minimum atomic E-state index is -0.0798. The highest BCUT2D eigenvalue weighted by atomic mass is 16.5. The van der Waals surface area contributed by atoms with Crippen LogP contribution in [0.2, 0.25) is 0 Å². The van der Waals surface area contributed by atoms with Crippen molar-refractivity contribution in [2.45, 2.75) is 27.1 Å². The number of hydrogen-bond donors (Lipinski definition) is 1. The Morgan fingerprint density at radius 1 is 1.12 bits per heavy atom. The van der Waals surface area contributed by atoms with Crippen molar-refractivity contribution in [3.05, 3.63) is 53.0 Å². The maximum Gasteiger partial charge on any atom is 0.146 e. The molecule has 0 saturated carbocycles. The Balaban J connectivity index is 2.02.